The SMILES string of the molecule is CCOC(=O)Nc1cccc(C(=O)NN2CCCCC2)c1. The molecule has 0 aliphatic carbocycles. The molecule has 0 unspecified atom stereocenters. The van der Waals surface area contributed by atoms with E-state index in [-0.39, 0.29) is 5.91 Å². The summed E-state index contributed by atoms with van der Waals surface area (Å²) in [7, 11) is 0. The van der Waals surface area contributed by atoms with Crippen LogP contribution in [-0.4, -0.2) is 36.7 Å². The Morgan fingerprint density at radius 3 is 2.71 bits per heavy atom. The fourth-order valence-electron chi connectivity index (χ4n) is 2.24. The molecule has 1 saturated heterocycles. The van der Waals surface area contributed by atoms with Crippen molar-refractivity contribution in [2.45, 2.75) is 26.2 Å². The van der Waals surface area contributed by atoms with Gasteiger partial charge >= 0.3 is 6.09 Å². The number of anilines is 1. The van der Waals surface area contributed by atoms with Gasteiger partial charge in [0.15, 0.2) is 0 Å². The van der Waals surface area contributed by atoms with Crippen LogP contribution in [0.1, 0.15) is 36.5 Å². The summed E-state index contributed by atoms with van der Waals surface area (Å²) in [5, 5.41) is 4.53. The van der Waals surface area contributed by atoms with E-state index in [1.807, 2.05) is 5.01 Å². The number of hydrogen-bond acceptors (Lipinski definition) is 4. The zero-order chi connectivity index (χ0) is 15.1. The van der Waals surface area contributed by atoms with Gasteiger partial charge in [-0.2, -0.15) is 0 Å². The predicted octanol–water partition coefficient (Wildman–Crippen LogP) is 2.39. The van der Waals surface area contributed by atoms with E-state index in [1.54, 1.807) is 31.2 Å². The van der Waals surface area contributed by atoms with Crippen molar-refractivity contribution in [3.05, 3.63) is 29.8 Å². The van der Waals surface area contributed by atoms with Crippen molar-refractivity contribution in [3.8, 4) is 0 Å². The van der Waals surface area contributed by atoms with Crippen LogP contribution in [0.4, 0.5) is 10.5 Å². The third-order valence-corrected chi connectivity index (χ3v) is 3.26. The number of piperidine rings is 1. The second-order valence-corrected chi connectivity index (χ2v) is 4.91. The Labute approximate surface area is 124 Å². The minimum atomic E-state index is -0.522. The summed E-state index contributed by atoms with van der Waals surface area (Å²) >= 11 is 0. The lowest BCUT2D eigenvalue weighted by Gasteiger charge is -2.26. The van der Waals surface area contributed by atoms with E-state index in [1.165, 1.54) is 6.42 Å². The topological polar surface area (TPSA) is 70.7 Å². The van der Waals surface area contributed by atoms with Gasteiger partial charge in [0.25, 0.3) is 5.91 Å². The average Bonchev–Trinajstić information content (AvgIpc) is 2.48. The number of benzene rings is 1. The number of amides is 2. The molecule has 114 valence electrons. The quantitative estimate of drug-likeness (QED) is 0.893. The molecule has 1 fully saturated rings. The monoisotopic (exact) mass is 291 g/mol. The molecule has 0 saturated carbocycles. The maximum absolute atomic E-state index is 12.2. The molecule has 0 spiro atoms. The van der Waals surface area contributed by atoms with E-state index < -0.39 is 6.09 Å². The molecule has 1 heterocycles. The molecule has 0 radical (unpaired) electrons. The molecule has 2 rings (SSSR count). The van der Waals surface area contributed by atoms with E-state index in [0.29, 0.717) is 17.9 Å². The fraction of sp³-hybridized carbons (Fsp3) is 0.467. The molecule has 21 heavy (non-hydrogen) atoms. The van der Waals surface area contributed by atoms with Crippen molar-refractivity contribution in [1.29, 1.82) is 0 Å². The van der Waals surface area contributed by atoms with Gasteiger partial charge in [0, 0.05) is 24.3 Å². The maximum Gasteiger partial charge on any atom is 0.411 e. The molecule has 0 atom stereocenters. The van der Waals surface area contributed by atoms with Gasteiger partial charge in [-0.15, -0.1) is 0 Å². The Balaban J connectivity index is 1.95. The number of ether oxygens (including phenoxy) is 1. The molecule has 6 heteroatoms. The first-order valence-corrected chi connectivity index (χ1v) is 7.29. The summed E-state index contributed by atoms with van der Waals surface area (Å²) < 4.78 is 4.81. The lowest BCUT2D eigenvalue weighted by Crippen LogP contribution is -2.45. The second-order valence-electron chi connectivity index (χ2n) is 4.91. The minimum Gasteiger partial charge on any atom is -0.450 e. The summed E-state index contributed by atoms with van der Waals surface area (Å²) in [5.41, 5.74) is 3.94. The predicted molar refractivity (Wildman–Crippen MR) is 80.0 cm³/mol. The summed E-state index contributed by atoms with van der Waals surface area (Å²) in [6, 6.07) is 6.80. The Morgan fingerprint density at radius 1 is 1.24 bits per heavy atom. The van der Waals surface area contributed by atoms with Crippen molar-refractivity contribution >= 4 is 17.7 Å². The maximum atomic E-state index is 12.2. The van der Waals surface area contributed by atoms with Gasteiger partial charge in [-0.1, -0.05) is 12.5 Å². The van der Waals surface area contributed by atoms with E-state index in [9.17, 15) is 9.59 Å². The Morgan fingerprint density at radius 2 is 2.00 bits per heavy atom. The molecular formula is C15H21N3O3. The molecular weight excluding hydrogens is 270 g/mol. The first-order chi connectivity index (χ1) is 10.2. The zero-order valence-electron chi connectivity index (χ0n) is 12.2. The highest BCUT2D eigenvalue weighted by Crippen LogP contribution is 2.12. The Hall–Kier alpha value is -2.08. The molecule has 1 aromatic carbocycles. The Bertz CT molecular complexity index is 499. The van der Waals surface area contributed by atoms with Gasteiger partial charge in [0.1, 0.15) is 0 Å². The van der Waals surface area contributed by atoms with Crippen LogP contribution in [0.25, 0.3) is 0 Å². The Kier molecular flexibility index (Phi) is 5.57. The minimum absolute atomic E-state index is 0.163. The summed E-state index contributed by atoms with van der Waals surface area (Å²) in [4.78, 5) is 23.5. The average molecular weight is 291 g/mol. The highest BCUT2D eigenvalue weighted by atomic mass is 16.5. The van der Waals surface area contributed by atoms with Gasteiger partial charge in [0.2, 0.25) is 0 Å². The molecule has 1 aliphatic rings. The standard InChI is InChI=1S/C15H21N3O3/c1-2-21-15(20)16-13-8-6-7-12(11-13)14(19)17-18-9-4-3-5-10-18/h6-8,11H,2-5,9-10H2,1H3,(H,16,20)(H,17,19). The number of hydrogen-bond donors (Lipinski definition) is 2. The van der Waals surface area contributed by atoms with Gasteiger partial charge < -0.3 is 4.74 Å². The first kappa shape index (κ1) is 15.3. The van der Waals surface area contributed by atoms with Crippen LogP contribution in [-0.2, 0) is 4.74 Å². The van der Waals surface area contributed by atoms with Crippen LogP contribution < -0.4 is 10.7 Å². The summed E-state index contributed by atoms with van der Waals surface area (Å²) in [6.07, 6.45) is 2.90. The number of nitrogens with one attached hydrogen (secondary N) is 2. The highest BCUT2D eigenvalue weighted by molar-refractivity contribution is 5.96. The number of nitrogens with zero attached hydrogens (tertiary/aromatic N) is 1. The molecule has 2 amide bonds. The largest absolute Gasteiger partial charge is 0.450 e. The first-order valence-electron chi connectivity index (χ1n) is 7.29. The van der Waals surface area contributed by atoms with Crippen LogP contribution in [0.3, 0.4) is 0 Å². The van der Waals surface area contributed by atoms with Crippen LogP contribution in [0.2, 0.25) is 0 Å². The van der Waals surface area contributed by atoms with Crippen molar-refractivity contribution in [2.24, 2.45) is 0 Å². The summed E-state index contributed by atoms with van der Waals surface area (Å²) in [6.45, 7) is 3.81. The van der Waals surface area contributed by atoms with Crippen LogP contribution in [0.15, 0.2) is 24.3 Å². The van der Waals surface area contributed by atoms with Crippen LogP contribution in [0, 0.1) is 0 Å². The smallest absolute Gasteiger partial charge is 0.411 e. The van der Waals surface area contributed by atoms with Crippen molar-refractivity contribution < 1.29 is 14.3 Å². The highest BCUT2D eigenvalue weighted by Gasteiger charge is 2.14. The number of hydrazine groups is 1. The van der Waals surface area contributed by atoms with Gasteiger partial charge in [-0.3, -0.25) is 15.5 Å². The van der Waals surface area contributed by atoms with E-state index in [4.69, 9.17) is 4.74 Å². The van der Waals surface area contributed by atoms with E-state index in [2.05, 4.69) is 10.7 Å². The number of carbonyl (C=O) groups excluding carboxylic acids is 2. The van der Waals surface area contributed by atoms with Gasteiger partial charge in [0.05, 0.1) is 6.61 Å². The van der Waals surface area contributed by atoms with Gasteiger partial charge in [-0.05, 0) is 38.0 Å². The van der Waals surface area contributed by atoms with Crippen LogP contribution >= 0.6 is 0 Å². The number of rotatable bonds is 4. The van der Waals surface area contributed by atoms with Crippen molar-refractivity contribution in [1.82, 2.24) is 10.4 Å². The second kappa shape index (κ2) is 7.64. The normalized spacial score (nSPS) is 15.3. The molecule has 1 aromatic rings. The molecule has 0 aromatic heterocycles. The van der Waals surface area contributed by atoms with Crippen molar-refractivity contribution in [3.63, 3.8) is 0 Å². The van der Waals surface area contributed by atoms with E-state index in [0.717, 1.165) is 25.9 Å². The molecule has 0 bridgehead atoms. The molecule has 2 N–H and O–H groups in total. The van der Waals surface area contributed by atoms with Gasteiger partial charge in [-0.25, -0.2) is 9.80 Å². The van der Waals surface area contributed by atoms with Crippen LogP contribution in [0.5, 0.6) is 0 Å². The number of carbonyl (C=O) groups is 2. The third kappa shape index (κ3) is 4.75. The lowest BCUT2D eigenvalue weighted by atomic mass is 10.1. The fourth-order valence-corrected chi connectivity index (χ4v) is 2.24. The molecule has 6 nitrogen and oxygen atoms in total. The molecule has 1 aliphatic heterocycles. The van der Waals surface area contributed by atoms with Crippen molar-refractivity contribution in [2.75, 3.05) is 25.0 Å². The van der Waals surface area contributed by atoms with E-state index >= 15 is 0 Å². The third-order valence-electron chi connectivity index (χ3n) is 3.26. The lowest BCUT2D eigenvalue weighted by molar-refractivity contribution is 0.0750. The zero-order valence-corrected chi connectivity index (χ0v) is 12.2. The summed E-state index contributed by atoms with van der Waals surface area (Å²) in [5.74, 6) is -0.163.